The molecule has 1 saturated heterocycles. The molecule has 2 aromatic carbocycles. The highest BCUT2D eigenvalue weighted by Gasteiger charge is 2.34. The molecule has 3 amide bonds. The van der Waals surface area contributed by atoms with Gasteiger partial charge >= 0.3 is 6.03 Å². The molecule has 4 heterocycles. The number of nitrogens with zero attached hydrogens (tertiary/aromatic N) is 3. The number of para-hydroxylation sites is 1. The molecule has 10 heteroatoms. The van der Waals surface area contributed by atoms with Crippen LogP contribution in [0.4, 0.5) is 26.2 Å². The maximum Gasteiger partial charge on any atom is 0.331 e. The average molecular weight is 518 g/mol. The monoisotopic (exact) mass is 517 g/mol. The zero-order chi connectivity index (χ0) is 25.5. The molecule has 2 N–H and O–H groups in total. The van der Waals surface area contributed by atoms with Gasteiger partial charge in [-0.25, -0.2) is 14.2 Å². The minimum atomic E-state index is -0.619. The fourth-order valence-corrected chi connectivity index (χ4v) is 5.90. The Hall–Kier alpha value is -4.02. The molecule has 0 spiro atoms. The predicted molar refractivity (Wildman–Crippen MR) is 142 cm³/mol. The van der Waals surface area contributed by atoms with Crippen LogP contribution in [-0.2, 0) is 0 Å². The van der Waals surface area contributed by atoms with E-state index in [-0.39, 0.29) is 17.6 Å². The normalized spacial score (nSPS) is 17.5. The molecule has 2 aliphatic heterocycles. The molecule has 2 aliphatic rings. The Balaban J connectivity index is 1.33. The molecule has 6 rings (SSSR count). The summed E-state index contributed by atoms with van der Waals surface area (Å²) in [6.07, 6.45) is 3.48. The van der Waals surface area contributed by atoms with Crippen LogP contribution in [0.1, 0.15) is 22.5 Å². The van der Waals surface area contributed by atoms with E-state index in [9.17, 15) is 9.59 Å². The second kappa shape index (κ2) is 9.45. The van der Waals surface area contributed by atoms with Crippen molar-refractivity contribution in [2.75, 3.05) is 30.4 Å². The van der Waals surface area contributed by atoms with Crippen molar-refractivity contribution in [3.05, 3.63) is 71.5 Å². The molecular weight excluding hydrogens is 493 g/mol. The molecule has 1 fully saturated rings. The largest absolute Gasteiger partial charge is 0.457 e. The van der Waals surface area contributed by atoms with Gasteiger partial charge < -0.3 is 20.3 Å². The fraction of sp³-hybridized carbons (Fsp3) is 0.222. The molecule has 188 valence electrons. The van der Waals surface area contributed by atoms with E-state index >= 15 is 4.39 Å². The number of thiophene rings is 1. The number of hydrogen-bond donors (Lipinski definition) is 2. The highest BCUT2D eigenvalue weighted by Crippen LogP contribution is 2.46. The molecular formula is C27H24FN5O3S. The van der Waals surface area contributed by atoms with Gasteiger partial charge in [0.2, 0.25) is 0 Å². The van der Waals surface area contributed by atoms with Crippen molar-refractivity contribution in [1.29, 1.82) is 0 Å². The van der Waals surface area contributed by atoms with Crippen molar-refractivity contribution in [3.8, 4) is 11.5 Å². The summed E-state index contributed by atoms with van der Waals surface area (Å²) in [5, 5.41) is 6.53. The number of anilines is 3. The number of rotatable bonds is 5. The number of carbonyl (C=O) groups is 2. The number of benzene rings is 2. The van der Waals surface area contributed by atoms with Crippen LogP contribution in [0.25, 0.3) is 10.2 Å². The van der Waals surface area contributed by atoms with E-state index in [2.05, 4.69) is 20.5 Å². The maximum atomic E-state index is 15.3. The van der Waals surface area contributed by atoms with Crippen LogP contribution in [0, 0.1) is 5.82 Å². The third-order valence-corrected chi connectivity index (χ3v) is 7.65. The van der Waals surface area contributed by atoms with Gasteiger partial charge in [0.05, 0.1) is 22.4 Å². The third-order valence-electron chi connectivity index (χ3n) is 6.55. The Morgan fingerprint density at radius 1 is 1.16 bits per heavy atom. The lowest BCUT2D eigenvalue weighted by molar-refractivity contribution is 0.0917. The van der Waals surface area contributed by atoms with Crippen molar-refractivity contribution in [3.63, 3.8) is 0 Å². The van der Waals surface area contributed by atoms with Crippen LogP contribution < -0.4 is 20.3 Å². The van der Waals surface area contributed by atoms with Crippen LogP contribution >= 0.6 is 11.3 Å². The van der Waals surface area contributed by atoms with Gasteiger partial charge in [0, 0.05) is 24.8 Å². The van der Waals surface area contributed by atoms with Crippen LogP contribution in [0.15, 0.2) is 60.8 Å². The van der Waals surface area contributed by atoms with Crippen molar-refractivity contribution in [2.45, 2.75) is 18.9 Å². The number of pyridine rings is 1. The van der Waals surface area contributed by atoms with E-state index in [1.807, 2.05) is 25.2 Å². The number of amides is 3. The van der Waals surface area contributed by atoms with E-state index < -0.39 is 11.8 Å². The Labute approximate surface area is 216 Å². The van der Waals surface area contributed by atoms with E-state index in [1.165, 1.54) is 28.4 Å². The summed E-state index contributed by atoms with van der Waals surface area (Å²) >= 11 is 1.22. The van der Waals surface area contributed by atoms with Gasteiger partial charge in [0.25, 0.3) is 5.91 Å². The third kappa shape index (κ3) is 4.38. The minimum absolute atomic E-state index is 0.0394. The summed E-state index contributed by atoms with van der Waals surface area (Å²) in [5.74, 6) is 0.0290. The molecule has 8 nitrogen and oxygen atoms in total. The fourth-order valence-electron chi connectivity index (χ4n) is 4.88. The topological polar surface area (TPSA) is 86.8 Å². The average Bonchev–Trinajstić information content (AvgIpc) is 3.25. The summed E-state index contributed by atoms with van der Waals surface area (Å²) in [6, 6.07) is 14.6. The van der Waals surface area contributed by atoms with E-state index in [1.54, 1.807) is 30.5 Å². The van der Waals surface area contributed by atoms with Crippen molar-refractivity contribution in [1.82, 2.24) is 15.2 Å². The Bertz CT molecular complexity index is 1510. The number of likely N-dealkylation sites (tertiary alicyclic amines) is 1. The van der Waals surface area contributed by atoms with Crippen LogP contribution in [0.5, 0.6) is 11.5 Å². The molecule has 0 radical (unpaired) electrons. The van der Waals surface area contributed by atoms with Gasteiger partial charge in [-0.1, -0.05) is 18.2 Å². The lowest BCUT2D eigenvalue weighted by Crippen LogP contribution is -2.46. The van der Waals surface area contributed by atoms with Crippen molar-refractivity contribution >= 4 is 50.6 Å². The first-order valence-corrected chi connectivity index (χ1v) is 12.8. The van der Waals surface area contributed by atoms with Gasteiger partial charge in [0.15, 0.2) is 5.82 Å². The molecule has 0 bridgehead atoms. The Kier molecular flexibility index (Phi) is 5.97. The number of carbonyl (C=O) groups excluding carboxylic acids is 2. The van der Waals surface area contributed by atoms with Gasteiger partial charge in [-0.3, -0.25) is 9.69 Å². The van der Waals surface area contributed by atoms with Crippen molar-refractivity contribution in [2.24, 2.45) is 0 Å². The molecule has 37 heavy (non-hydrogen) atoms. The first-order valence-electron chi connectivity index (χ1n) is 12.0. The molecule has 2 aromatic heterocycles. The van der Waals surface area contributed by atoms with E-state index in [0.29, 0.717) is 38.0 Å². The summed E-state index contributed by atoms with van der Waals surface area (Å²) in [4.78, 5) is 35.4. The number of urea groups is 1. The minimum Gasteiger partial charge on any atom is -0.457 e. The quantitative estimate of drug-likeness (QED) is 0.353. The van der Waals surface area contributed by atoms with Crippen LogP contribution in [0.3, 0.4) is 0 Å². The number of nitrogens with one attached hydrogen (secondary N) is 2. The van der Waals surface area contributed by atoms with Crippen LogP contribution in [0.2, 0.25) is 0 Å². The second-order valence-corrected chi connectivity index (χ2v) is 10.2. The number of hydrogen-bond acceptors (Lipinski definition) is 6. The predicted octanol–water partition coefficient (Wildman–Crippen LogP) is 5.74. The first-order chi connectivity index (χ1) is 18.0. The van der Waals surface area contributed by atoms with E-state index in [4.69, 9.17) is 4.74 Å². The van der Waals surface area contributed by atoms with Crippen molar-refractivity contribution < 1.29 is 18.7 Å². The Morgan fingerprint density at radius 3 is 2.78 bits per heavy atom. The van der Waals surface area contributed by atoms with Gasteiger partial charge in [-0.05, 0) is 56.8 Å². The molecule has 0 saturated carbocycles. The zero-order valence-corrected chi connectivity index (χ0v) is 20.8. The maximum absolute atomic E-state index is 15.3. The van der Waals surface area contributed by atoms with E-state index in [0.717, 1.165) is 25.9 Å². The lowest BCUT2D eigenvalue weighted by Gasteiger charge is -2.30. The number of aromatic nitrogens is 1. The molecule has 0 unspecified atom stereocenters. The van der Waals surface area contributed by atoms with Gasteiger partial charge in [0.1, 0.15) is 21.2 Å². The summed E-state index contributed by atoms with van der Waals surface area (Å²) in [6.45, 7) is 1.79. The number of piperidine rings is 1. The highest BCUT2D eigenvalue weighted by molar-refractivity contribution is 7.21. The standard InChI is InChI=1S/C27H24FN5O3S/c1-32-13-5-6-16(15-32)30-25(34)24-23-22-21(11-12-29-26(22)37-24)33(27(35)31-23)20-10-9-18(14-19(20)28)36-17-7-3-2-4-8-17/h2-4,7-12,14,16H,5-6,13,15H2,1H3,(H,30,34)(H,31,35)/t16-/m1/s1. The SMILES string of the molecule is CN1CCC[C@@H](NC(=O)c2sc3nccc4c3c2NC(=O)N4c2ccc(Oc3ccccc3)cc2F)C1. The van der Waals surface area contributed by atoms with Gasteiger partial charge in [-0.15, -0.1) is 11.3 Å². The second-order valence-electron chi connectivity index (χ2n) is 9.19. The number of likely N-dealkylation sites (N-methyl/N-ethyl adjacent to an activating group) is 1. The number of ether oxygens (including phenoxy) is 1. The van der Waals surface area contributed by atoms with Crippen LogP contribution in [-0.4, -0.2) is 48.0 Å². The van der Waals surface area contributed by atoms with Gasteiger partial charge in [-0.2, -0.15) is 0 Å². The molecule has 1 atom stereocenters. The summed E-state index contributed by atoms with van der Waals surface area (Å²) < 4.78 is 21.0. The zero-order valence-electron chi connectivity index (χ0n) is 20.0. The highest BCUT2D eigenvalue weighted by atomic mass is 32.1. The lowest BCUT2D eigenvalue weighted by atomic mass is 10.1. The molecule has 4 aromatic rings. The smallest absolute Gasteiger partial charge is 0.331 e. The Morgan fingerprint density at radius 2 is 2.00 bits per heavy atom. The first kappa shape index (κ1) is 23.4. The summed E-state index contributed by atoms with van der Waals surface area (Å²) in [5.41, 5.74) is 0.945. The molecule has 0 aliphatic carbocycles. The summed E-state index contributed by atoms with van der Waals surface area (Å²) in [7, 11) is 2.03. The number of halogens is 1.